The van der Waals surface area contributed by atoms with Gasteiger partial charge in [-0.3, -0.25) is 0 Å². The smallest absolute Gasteiger partial charge is 0.240 e. The number of nitrogens with one attached hydrogen (secondary N) is 1. The average Bonchev–Trinajstić information content (AvgIpc) is 3.16. The van der Waals surface area contributed by atoms with Crippen molar-refractivity contribution in [3.05, 3.63) is 23.8 Å². The highest BCUT2D eigenvalue weighted by atomic mass is 32.2. The van der Waals surface area contributed by atoms with E-state index in [2.05, 4.69) is 11.6 Å². The normalized spacial score (nSPS) is 21.3. The van der Waals surface area contributed by atoms with Crippen LogP contribution in [-0.4, -0.2) is 21.1 Å². The molecule has 0 radical (unpaired) electrons. The third-order valence-electron chi connectivity index (χ3n) is 3.75. The van der Waals surface area contributed by atoms with E-state index >= 15 is 0 Å². The molecule has 1 aromatic carbocycles. The maximum Gasteiger partial charge on any atom is 0.240 e. The lowest BCUT2D eigenvalue weighted by Crippen LogP contribution is -2.27. The highest BCUT2D eigenvalue weighted by molar-refractivity contribution is 7.89. The quantitative estimate of drug-likeness (QED) is 0.769. The fraction of sp³-hybridized carbons (Fsp3) is 0.600. The first-order valence-electron chi connectivity index (χ1n) is 7.50. The summed E-state index contributed by atoms with van der Waals surface area (Å²) in [4.78, 5) is 0.258. The van der Waals surface area contributed by atoms with Gasteiger partial charge in [0.1, 0.15) is 5.75 Å². The number of sulfonamides is 1. The Morgan fingerprint density at radius 2 is 2.14 bits per heavy atom. The van der Waals surface area contributed by atoms with E-state index in [4.69, 9.17) is 10.5 Å². The molecule has 1 aliphatic rings. The number of rotatable bonds is 8. The summed E-state index contributed by atoms with van der Waals surface area (Å²) in [5.74, 6) is 1.13. The van der Waals surface area contributed by atoms with E-state index in [0.717, 1.165) is 19.3 Å². The van der Waals surface area contributed by atoms with E-state index in [-0.39, 0.29) is 17.5 Å². The predicted octanol–water partition coefficient (Wildman–Crippen LogP) is 2.01. The zero-order valence-corrected chi connectivity index (χ0v) is 13.4. The van der Waals surface area contributed by atoms with Crippen molar-refractivity contribution >= 4 is 10.0 Å². The third-order valence-corrected chi connectivity index (χ3v) is 5.24. The molecule has 118 valence electrons. The van der Waals surface area contributed by atoms with Crippen LogP contribution in [0.3, 0.4) is 0 Å². The fourth-order valence-electron chi connectivity index (χ4n) is 2.53. The van der Waals surface area contributed by atoms with Crippen LogP contribution in [0, 0.1) is 5.92 Å². The summed E-state index contributed by atoms with van der Waals surface area (Å²) in [6.45, 7) is 4.77. The monoisotopic (exact) mass is 312 g/mol. The number of benzene rings is 1. The van der Waals surface area contributed by atoms with E-state index in [1.54, 1.807) is 18.2 Å². The van der Waals surface area contributed by atoms with Gasteiger partial charge in [-0.15, -0.1) is 0 Å². The molecule has 21 heavy (non-hydrogen) atoms. The molecule has 6 heteroatoms. The zero-order valence-electron chi connectivity index (χ0n) is 12.6. The summed E-state index contributed by atoms with van der Waals surface area (Å²) in [7, 11) is -3.47. The van der Waals surface area contributed by atoms with Gasteiger partial charge in [0.15, 0.2) is 0 Å². The molecule has 1 saturated carbocycles. The molecule has 0 aliphatic heterocycles. The van der Waals surface area contributed by atoms with Gasteiger partial charge in [-0.1, -0.05) is 13.3 Å². The van der Waals surface area contributed by atoms with Gasteiger partial charge in [0, 0.05) is 18.2 Å². The summed E-state index contributed by atoms with van der Waals surface area (Å²) in [6, 6.07) is 4.94. The van der Waals surface area contributed by atoms with Crippen LogP contribution < -0.4 is 15.2 Å². The van der Waals surface area contributed by atoms with Crippen LogP contribution in [-0.2, 0) is 16.6 Å². The molecule has 0 amide bonds. The molecule has 0 spiro atoms. The molecule has 2 atom stereocenters. The molecule has 0 heterocycles. The molecule has 1 fully saturated rings. The van der Waals surface area contributed by atoms with Crippen molar-refractivity contribution in [2.24, 2.45) is 11.7 Å². The standard InChI is InChI=1S/C15H24N2O3S/c1-3-5-11-9-14(11)17-21(18,19)13-6-7-15(20-4-2)12(8-13)10-16/h6-8,11,14,17H,3-5,9-10,16H2,1-2H3. The van der Waals surface area contributed by atoms with E-state index in [1.807, 2.05) is 6.92 Å². The summed E-state index contributed by atoms with van der Waals surface area (Å²) in [5.41, 5.74) is 6.38. The first-order valence-corrected chi connectivity index (χ1v) is 8.98. The van der Waals surface area contributed by atoms with Crippen LogP contribution in [0.25, 0.3) is 0 Å². The van der Waals surface area contributed by atoms with Crippen LogP contribution in [0.1, 0.15) is 38.7 Å². The lowest BCUT2D eigenvalue weighted by molar-refractivity contribution is 0.336. The number of hydrogen-bond acceptors (Lipinski definition) is 4. The van der Waals surface area contributed by atoms with Gasteiger partial charge in [0.2, 0.25) is 10.0 Å². The van der Waals surface area contributed by atoms with Crippen LogP contribution >= 0.6 is 0 Å². The summed E-state index contributed by atoms with van der Waals surface area (Å²) in [5, 5.41) is 0. The van der Waals surface area contributed by atoms with Gasteiger partial charge < -0.3 is 10.5 Å². The number of ether oxygens (including phenoxy) is 1. The minimum atomic E-state index is -3.47. The molecule has 3 N–H and O–H groups in total. The summed E-state index contributed by atoms with van der Waals surface area (Å²) >= 11 is 0. The Balaban J connectivity index is 2.13. The molecule has 1 aliphatic carbocycles. The topological polar surface area (TPSA) is 81.4 Å². The molecule has 2 unspecified atom stereocenters. The van der Waals surface area contributed by atoms with Crippen molar-refractivity contribution in [1.29, 1.82) is 0 Å². The lowest BCUT2D eigenvalue weighted by atomic mass is 10.2. The molecule has 1 aromatic rings. The van der Waals surface area contributed by atoms with E-state index < -0.39 is 10.0 Å². The zero-order chi connectivity index (χ0) is 15.5. The number of hydrogen-bond donors (Lipinski definition) is 2. The Hall–Kier alpha value is -1.11. The van der Waals surface area contributed by atoms with E-state index in [9.17, 15) is 8.42 Å². The largest absolute Gasteiger partial charge is 0.494 e. The second-order valence-corrected chi connectivity index (χ2v) is 7.13. The SMILES string of the molecule is CCCC1CC1NS(=O)(=O)c1ccc(OCC)c(CN)c1. The highest BCUT2D eigenvalue weighted by Crippen LogP contribution is 2.36. The van der Waals surface area contributed by atoms with Crippen LogP contribution in [0.5, 0.6) is 5.75 Å². The second-order valence-electron chi connectivity index (χ2n) is 5.42. The van der Waals surface area contributed by atoms with Crippen LogP contribution in [0.2, 0.25) is 0 Å². The second kappa shape index (κ2) is 6.77. The number of nitrogens with two attached hydrogens (primary N) is 1. The maximum atomic E-state index is 12.4. The van der Waals surface area contributed by atoms with Crippen molar-refractivity contribution in [3.63, 3.8) is 0 Å². The van der Waals surface area contributed by atoms with Crippen molar-refractivity contribution in [2.75, 3.05) is 6.61 Å². The van der Waals surface area contributed by atoms with Crippen molar-refractivity contribution in [3.8, 4) is 5.75 Å². The fourth-order valence-corrected chi connectivity index (χ4v) is 3.90. The van der Waals surface area contributed by atoms with Gasteiger partial charge in [0.25, 0.3) is 0 Å². The van der Waals surface area contributed by atoms with Crippen molar-refractivity contribution in [2.45, 2.75) is 50.6 Å². The summed E-state index contributed by atoms with van der Waals surface area (Å²) < 4.78 is 33.0. The molecule has 5 nitrogen and oxygen atoms in total. The van der Waals surface area contributed by atoms with Gasteiger partial charge in [-0.05, 0) is 43.9 Å². The Labute approximate surface area is 126 Å². The lowest BCUT2D eigenvalue weighted by Gasteiger charge is -2.12. The van der Waals surface area contributed by atoms with Gasteiger partial charge in [-0.2, -0.15) is 0 Å². The molecule has 0 saturated heterocycles. The first-order chi connectivity index (χ1) is 10.0. The predicted molar refractivity (Wildman–Crippen MR) is 82.6 cm³/mol. The Kier molecular flexibility index (Phi) is 5.24. The van der Waals surface area contributed by atoms with Crippen molar-refractivity contribution in [1.82, 2.24) is 4.72 Å². The molecule has 2 rings (SSSR count). The molecule has 0 bridgehead atoms. The Morgan fingerprint density at radius 1 is 1.38 bits per heavy atom. The van der Waals surface area contributed by atoms with Gasteiger partial charge in [0.05, 0.1) is 11.5 Å². The molecule has 0 aromatic heterocycles. The van der Waals surface area contributed by atoms with E-state index in [1.165, 1.54) is 0 Å². The van der Waals surface area contributed by atoms with Crippen LogP contribution in [0.4, 0.5) is 0 Å². The highest BCUT2D eigenvalue weighted by Gasteiger charge is 2.39. The van der Waals surface area contributed by atoms with Gasteiger partial charge >= 0.3 is 0 Å². The summed E-state index contributed by atoms with van der Waals surface area (Å²) in [6.07, 6.45) is 3.10. The Morgan fingerprint density at radius 3 is 2.76 bits per heavy atom. The molecular weight excluding hydrogens is 288 g/mol. The minimum absolute atomic E-state index is 0.0860. The average molecular weight is 312 g/mol. The van der Waals surface area contributed by atoms with E-state index in [0.29, 0.717) is 23.8 Å². The maximum absolute atomic E-state index is 12.4. The first kappa shape index (κ1) is 16.3. The van der Waals surface area contributed by atoms with Gasteiger partial charge in [-0.25, -0.2) is 13.1 Å². The third kappa shape index (κ3) is 3.96. The van der Waals surface area contributed by atoms with Crippen LogP contribution in [0.15, 0.2) is 23.1 Å². The Bertz CT molecular complexity index is 587. The van der Waals surface area contributed by atoms with Crippen molar-refractivity contribution < 1.29 is 13.2 Å². The molecular formula is C15H24N2O3S. The minimum Gasteiger partial charge on any atom is -0.494 e.